The summed E-state index contributed by atoms with van der Waals surface area (Å²) in [7, 11) is 3.96. The SMILES string of the molecule is CN(C)c1nccc(CNC2C3CCOC3C23CCCC3)n1. The van der Waals surface area contributed by atoms with Gasteiger partial charge in [0.15, 0.2) is 0 Å². The molecule has 120 valence electrons. The second-order valence-electron chi connectivity index (χ2n) is 7.29. The molecule has 1 N–H and O–H groups in total. The zero-order valence-electron chi connectivity index (χ0n) is 13.6. The molecule has 1 saturated heterocycles. The molecule has 2 saturated carbocycles. The molecular weight excluding hydrogens is 276 g/mol. The molecule has 0 aromatic carbocycles. The largest absolute Gasteiger partial charge is 0.377 e. The normalized spacial score (nSPS) is 32.0. The van der Waals surface area contributed by atoms with Crippen LogP contribution in [0.1, 0.15) is 37.8 Å². The Balaban J connectivity index is 1.46. The lowest BCUT2D eigenvalue weighted by Gasteiger charge is -2.57. The number of ether oxygens (including phenoxy) is 1. The Morgan fingerprint density at radius 3 is 2.95 bits per heavy atom. The number of nitrogens with zero attached hydrogens (tertiary/aromatic N) is 3. The summed E-state index contributed by atoms with van der Waals surface area (Å²) in [5.41, 5.74) is 1.49. The molecule has 0 bridgehead atoms. The van der Waals surface area contributed by atoms with E-state index in [2.05, 4.69) is 15.3 Å². The van der Waals surface area contributed by atoms with Crippen LogP contribution < -0.4 is 10.2 Å². The van der Waals surface area contributed by atoms with Crippen molar-refractivity contribution in [1.82, 2.24) is 15.3 Å². The van der Waals surface area contributed by atoms with E-state index in [-0.39, 0.29) is 0 Å². The second kappa shape index (κ2) is 5.46. The van der Waals surface area contributed by atoms with E-state index in [0.29, 0.717) is 23.5 Å². The van der Waals surface area contributed by atoms with Gasteiger partial charge in [0.1, 0.15) is 0 Å². The molecule has 3 aliphatic rings. The van der Waals surface area contributed by atoms with E-state index in [1.165, 1.54) is 32.1 Å². The Kier molecular flexibility index (Phi) is 3.57. The van der Waals surface area contributed by atoms with Gasteiger partial charge in [0, 0.05) is 50.8 Å². The minimum absolute atomic E-state index is 0.415. The molecule has 1 aliphatic heterocycles. The van der Waals surface area contributed by atoms with Crippen LogP contribution in [0.15, 0.2) is 12.3 Å². The van der Waals surface area contributed by atoms with Crippen LogP contribution in [0.25, 0.3) is 0 Å². The molecule has 1 aromatic heterocycles. The highest BCUT2D eigenvalue weighted by Gasteiger charge is 2.64. The third-order valence-electron chi connectivity index (χ3n) is 5.89. The van der Waals surface area contributed by atoms with E-state index in [4.69, 9.17) is 4.74 Å². The highest BCUT2D eigenvalue weighted by atomic mass is 16.5. The van der Waals surface area contributed by atoms with E-state index in [9.17, 15) is 0 Å². The number of nitrogens with one attached hydrogen (secondary N) is 1. The minimum atomic E-state index is 0.415. The number of rotatable bonds is 4. The van der Waals surface area contributed by atoms with Crippen molar-refractivity contribution in [3.63, 3.8) is 0 Å². The molecule has 5 nitrogen and oxygen atoms in total. The van der Waals surface area contributed by atoms with Crippen molar-refractivity contribution in [2.24, 2.45) is 11.3 Å². The average molecular weight is 302 g/mol. The highest BCUT2D eigenvalue weighted by molar-refractivity contribution is 5.27. The van der Waals surface area contributed by atoms with Crippen molar-refractivity contribution in [3.8, 4) is 0 Å². The first-order valence-corrected chi connectivity index (χ1v) is 8.55. The number of hydrogen-bond acceptors (Lipinski definition) is 5. The van der Waals surface area contributed by atoms with Gasteiger partial charge in [-0.3, -0.25) is 0 Å². The fraction of sp³-hybridized carbons (Fsp3) is 0.765. The van der Waals surface area contributed by atoms with E-state index in [1.807, 2.05) is 31.3 Å². The molecule has 1 aromatic rings. The predicted octanol–water partition coefficient (Wildman–Crippen LogP) is 1.98. The lowest BCUT2D eigenvalue weighted by atomic mass is 9.54. The lowest BCUT2D eigenvalue weighted by molar-refractivity contribution is -0.131. The van der Waals surface area contributed by atoms with Gasteiger partial charge in [-0.2, -0.15) is 0 Å². The van der Waals surface area contributed by atoms with Crippen LogP contribution in [0.5, 0.6) is 0 Å². The first-order valence-electron chi connectivity index (χ1n) is 8.55. The highest BCUT2D eigenvalue weighted by Crippen LogP contribution is 2.60. The Labute approximate surface area is 132 Å². The van der Waals surface area contributed by atoms with Crippen molar-refractivity contribution in [3.05, 3.63) is 18.0 Å². The van der Waals surface area contributed by atoms with Gasteiger partial charge in [0.05, 0.1) is 11.8 Å². The van der Waals surface area contributed by atoms with Crippen molar-refractivity contribution in [2.45, 2.75) is 50.8 Å². The summed E-state index contributed by atoms with van der Waals surface area (Å²) < 4.78 is 6.05. The third kappa shape index (κ3) is 2.14. The number of fused-ring (bicyclic) bond motifs is 2. The first kappa shape index (κ1) is 14.4. The molecule has 3 fully saturated rings. The smallest absolute Gasteiger partial charge is 0.225 e. The van der Waals surface area contributed by atoms with Gasteiger partial charge < -0.3 is 15.0 Å². The molecule has 2 heterocycles. The Bertz CT molecular complexity index is 541. The van der Waals surface area contributed by atoms with E-state index in [1.54, 1.807) is 0 Å². The van der Waals surface area contributed by atoms with Crippen molar-refractivity contribution < 1.29 is 4.74 Å². The molecule has 2 aliphatic carbocycles. The maximum Gasteiger partial charge on any atom is 0.225 e. The van der Waals surface area contributed by atoms with Crippen LogP contribution >= 0.6 is 0 Å². The van der Waals surface area contributed by atoms with Gasteiger partial charge >= 0.3 is 0 Å². The second-order valence-corrected chi connectivity index (χ2v) is 7.29. The van der Waals surface area contributed by atoms with Crippen molar-refractivity contribution in [1.29, 1.82) is 0 Å². The van der Waals surface area contributed by atoms with Gasteiger partial charge in [-0.05, 0) is 25.3 Å². The average Bonchev–Trinajstić information content (AvgIpc) is 3.15. The molecule has 0 radical (unpaired) electrons. The van der Waals surface area contributed by atoms with Gasteiger partial charge in [-0.1, -0.05) is 12.8 Å². The van der Waals surface area contributed by atoms with E-state index < -0.39 is 0 Å². The van der Waals surface area contributed by atoms with E-state index >= 15 is 0 Å². The van der Waals surface area contributed by atoms with Gasteiger partial charge in [0.2, 0.25) is 5.95 Å². The monoisotopic (exact) mass is 302 g/mol. The molecule has 3 unspecified atom stereocenters. The summed E-state index contributed by atoms with van der Waals surface area (Å²) in [5, 5.41) is 3.82. The van der Waals surface area contributed by atoms with Gasteiger partial charge in [-0.25, -0.2) is 9.97 Å². The van der Waals surface area contributed by atoms with Gasteiger partial charge in [0.25, 0.3) is 0 Å². The summed E-state index contributed by atoms with van der Waals surface area (Å²) in [5.74, 6) is 1.50. The van der Waals surface area contributed by atoms with Crippen LogP contribution in [0.4, 0.5) is 5.95 Å². The van der Waals surface area contributed by atoms with E-state index in [0.717, 1.165) is 24.8 Å². The summed E-state index contributed by atoms with van der Waals surface area (Å²) in [6, 6.07) is 2.63. The van der Waals surface area contributed by atoms with Gasteiger partial charge in [-0.15, -0.1) is 0 Å². The first-order chi connectivity index (χ1) is 10.7. The zero-order chi connectivity index (χ0) is 15.2. The predicted molar refractivity (Wildman–Crippen MR) is 85.7 cm³/mol. The van der Waals surface area contributed by atoms with Crippen LogP contribution in [-0.4, -0.2) is 42.8 Å². The number of hydrogen-bond donors (Lipinski definition) is 1. The summed E-state index contributed by atoms with van der Waals surface area (Å²) in [6.07, 6.45) is 8.99. The number of anilines is 1. The molecule has 4 rings (SSSR count). The summed E-state index contributed by atoms with van der Waals surface area (Å²) in [6.45, 7) is 1.78. The molecule has 22 heavy (non-hydrogen) atoms. The van der Waals surface area contributed by atoms with Crippen LogP contribution in [0, 0.1) is 11.3 Å². The topological polar surface area (TPSA) is 50.3 Å². The molecule has 1 spiro atoms. The molecule has 0 amide bonds. The van der Waals surface area contributed by atoms with Crippen molar-refractivity contribution in [2.75, 3.05) is 25.6 Å². The third-order valence-corrected chi connectivity index (χ3v) is 5.89. The summed E-state index contributed by atoms with van der Waals surface area (Å²) >= 11 is 0. The Morgan fingerprint density at radius 1 is 1.36 bits per heavy atom. The maximum atomic E-state index is 6.05. The zero-order valence-corrected chi connectivity index (χ0v) is 13.6. The molecule has 3 atom stereocenters. The molecule has 5 heteroatoms. The van der Waals surface area contributed by atoms with Crippen LogP contribution in [0.2, 0.25) is 0 Å². The lowest BCUT2D eigenvalue weighted by Crippen LogP contribution is -2.67. The minimum Gasteiger partial charge on any atom is -0.377 e. The Hall–Kier alpha value is -1.20. The maximum absolute atomic E-state index is 6.05. The summed E-state index contributed by atoms with van der Waals surface area (Å²) in [4.78, 5) is 10.9. The Morgan fingerprint density at radius 2 is 2.18 bits per heavy atom. The quantitative estimate of drug-likeness (QED) is 0.921. The standard InChI is InChI=1S/C17H26N4O/c1-21(2)16-18-9-5-12(20-16)11-19-14-13-6-10-22-15(13)17(14)7-3-4-8-17/h5,9,13-15,19H,3-4,6-8,10-11H2,1-2H3. The fourth-order valence-electron chi connectivity index (χ4n) is 4.92. The molecular formula is C17H26N4O. The van der Waals surface area contributed by atoms with Crippen LogP contribution in [0.3, 0.4) is 0 Å². The fourth-order valence-corrected chi connectivity index (χ4v) is 4.92. The van der Waals surface area contributed by atoms with Crippen molar-refractivity contribution >= 4 is 5.95 Å². The van der Waals surface area contributed by atoms with Crippen LogP contribution in [-0.2, 0) is 11.3 Å². The number of aromatic nitrogens is 2.